The van der Waals surface area contributed by atoms with E-state index in [1.54, 1.807) is 40.5 Å². The Labute approximate surface area is 205 Å². The summed E-state index contributed by atoms with van der Waals surface area (Å²) >= 11 is 13.1. The standard InChI is InChI=1S/C22H13Cl2N7O4/c1-11-7-12(28-35-11)10-30-17-5-6-29(16(17)3-4-18(30)32)19-14(23)8-13(9-15(19)24)31-22(34)26-21(33)20(25-2)27-31/h3-9H,10H2,1H3,(H,26,33,34). The second-order valence-corrected chi connectivity index (χ2v) is 8.32. The van der Waals surface area contributed by atoms with Crippen molar-refractivity contribution in [2.24, 2.45) is 0 Å². The van der Waals surface area contributed by atoms with Crippen molar-refractivity contribution in [3.05, 3.63) is 107 Å². The van der Waals surface area contributed by atoms with E-state index >= 15 is 0 Å². The number of aryl methyl sites for hydroxylation is 1. The van der Waals surface area contributed by atoms with Crippen LogP contribution in [0, 0.1) is 13.5 Å². The van der Waals surface area contributed by atoms with Crippen LogP contribution in [0.1, 0.15) is 11.5 Å². The average molecular weight is 510 g/mol. The number of aromatic amines is 1. The van der Waals surface area contributed by atoms with Crippen LogP contribution in [-0.2, 0) is 6.54 Å². The Balaban J connectivity index is 1.64. The molecule has 1 N–H and O–H groups in total. The molecule has 0 bridgehead atoms. The Morgan fingerprint density at radius 3 is 2.49 bits per heavy atom. The molecule has 11 nitrogen and oxygen atoms in total. The van der Waals surface area contributed by atoms with Crippen LogP contribution in [0.25, 0.3) is 27.3 Å². The van der Waals surface area contributed by atoms with Crippen molar-refractivity contribution in [2.75, 3.05) is 0 Å². The van der Waals surface area contributed by atoms with Gasteiger partial charge in [-0.15, -0.1) is 4.68 Å². The first-order valence-electron chi connectivity index (χ1n) is 10.0. The molecule has 0 spiro atoms. The third-order valence-corrected chi connectivity index (χ3v) is 5.82. The van der Waals surface area contributed by atoms with Gasteiger partial charge in [0.15, 0.2) is 0 Å². The first-order valence-corrected chi connectivity index (χ1v) is 10.8. The molecule has 5 rings (SSSR count). The van der Waals surface area contributed by atoms with E-state index in [2.05, 4.69) is 15.1 Å². The SMILES string of the molecule is [C-]#[N+]c1nn(-c2cc(Cl)c(-n3ccc4c3ccc(=O)n4Cc3cc(C)on3)c(Cl)c2)c(=O)[nH]c1=O. The first kappa shape index (κ1) is 22.4. The Morgan fingerprint density at radius 1 is 1.09 bits per heavy atom. The maximum absolute atomic E-state index is 12.6. The summed E-state index contributed by atoms with van der Waals surface area (Å²) in [4.78, 5) is 41.5. The molecule has 13 heteroatoms. The van der Waals surface area contributed by atoms with E-state index in [4.69, 9.17) is 34.3 Å². The Bertz CT molecular complexity index is 1830. The summed E-state index contributed by atoms with van der Waals surface area (Å²) in [7, 11) is 0. The second kappa shape index (κ2) is 8.43. The number of benzene rings is 1. The lowest BCUT2D eigenvalue weighted by Crippen LogP contribution is -2.30. The van der Waals surface area contributed by atoms with Crippen LogP contribution in [0.2, 0.25) is 10.0 Å². The molecule has 0 unspecified atom stereocenters. The molecule has 0 aliphatic heterocycles. The van der Waals surface area contributed by atoms with Crippen molar-refractivity contribution >= 4 is 40.1 Å². The highest BCUT2D eigenvalue weighted by Crippen LogP contribution is 2.33. The van der Waals surface area contributed by atoms with Gasteiger partial charge in [0.25, 0.3) is 11.1 Å². The van der Waals surface area contributed by atoms with E-state index in [9.17, 15) is 14.4 Å². The summed E-state index contributed by atoms with van der Waals surface area (Å²) in [6.45, 7) is 9.02. The second-order valence-electron chi connectivity index (χ2n) is 7.51. The van der Waals surface area contributed by atoms with E-state index < -0.39 is 17.1 Å². The molecule has 5 aromatic rings. The lowest BCUT2D eigenvalue weighted by Gasteiger charge is -2.13. The minimum atomic E-state index is -0.888. The highest BCUT2D eigenvalue weighted by Gasteiger charge is 2.18. The molecule has 0 atom stereocenters. The molecule has 4 heterocycles. The molecule has 174 valence electrons. The van der Waals surface area contributed by atoms with Gasteiger partial charge in [-0.1, -0.05) is 34.9 Å². The summed E-state index contributed by atoms with van der Waals surface area (Å²) in [6.07, 6.45) is 1.71. The summed E-state index contributed by atoms with van der Waals surface area (Å²) < 4.78 is 9.20. The fourth-order valence-electron chi connectivity index (χ4n) is 3.74. The lowest BCUT2D eigenvalue weighted by molar-refractivity contribution is 0.389. The van der Waals surface area contributed by atoms with Crippen LogP contribution in [0.5, 0.6) is 0 Å². The van der Waals surface area contributed by atoms with E-state index in [1.807, 2.05) is 4.98 Å². The maximum atomic E-state index is 12.6. The van der Waals surface area contributed by atoms with Crippen LogP contribution in [0.15, 0.2) is 61.5 Å². The normalized spacial score (nSPS) is 11.1. The topological polar surface area (TPSA) is 125 Å². The molecule has 0 fully saturated rings. The molecular weight excluding hydrogens is 497 g/mol. The molecule has 0 saturated heterocycles. The zero-order chi connectivity index (χ0) is 24.9. The van der Waals surface area contributed by atoms with Crippen molar-refractivity contribution in [1.29, 1.82) is 0 Å². The largest absolute Gasteiger partial charge is 0.365 e. The number of nitrogens with zero attached hydrogens (tertiary/aromatic N) is 6. The van der Waals surface area contributed by atoms with E-state index in [0.717, 1.165) is 4.68 Å². The summed E-state index contributed by atoms with van der Waals surface area (Å²) in [5, 5.41) is 8.07. The fraction of sp³-hybridized carbons (Fsp3) is 0.0909. The van der Waals surface area contributed by atoms with Gasteiger partial charge in [-0.25, -0.2) is 4.79 Å². The van der Waals surface area contributed by atoms with Crippen LogP contribution in [0.3, 0.4) is 0 Å². The van der Waals surface area contributed by atoms with E-state index in [0.29, 0.717) is 28.2 Å². The van der Waals surface area contributed by atoms with Gasteiger partial charge >= 0.3 is 11.5 Å². The van der Waals surface area contributed by atoms with Gasteiger partial charge < -0.3 is 18.5 Å². The third kappa shape index (κ3) is 3.84. The number of halogens is 2. The first-order chi connectivity index (χ1) is 16.8. The summed E-state index contributed by atoms with van der Waals surface area (Å²) in [6, 6.07) is 9.45. The fourth-order valence-corrected chi connectivity index (χ4v) is 4.40. The third-order valence-electron chi connectivity index (χ3n) is 5.24. The minimum absolute atomic E-state index is 0.157. The number of pyridine rings is 1. The van der Waals surface area contributed by atoms with Crippen molar-refractivity contribution in [3.8, 4) is 11.4 Å². The van der Waals surface area contributed by atoms with Crippen LogP contribution >= 0.6 is 23.2 Å². The summed E-state index contributed by atoms with van der Waals surface area (Å²) in [5.41, 5.74) is 0.472. The number of H-pyrrole nitrogens is 1. The quantitative estimate of drug-likeness (QED) is 0.370. The zero-order valence-electron chi connectivity index (χ0n) is 17.8. The van der Waals surface area contributed by atoms with Crippen molar-refractivity contribution in [2.45, 2.75) is 13.5 Å². The Hall–Kier alpha value is -4.40. The van der Waals surface area contributed by atoms with Crippen LogP contribution in [0.4, 0.5) is 5.82 Å². The minimum Gasteiger partial charge on any atom is -0.361 e. The monoisotopic (exact) mass is 509 g/mol. The molecule has 35 heavy (non-hydrogen) atoms. The lowest BCUT2D eigenvalue weighted by atomic mass is 10.2. The highest BCUT2D eigenvalue weighted by atomic mass is 35.5. The molecule has 0 aliphatic rings. The van der Waals surface area contributed by atoms with Crippen LogP contribution < -0.4 is 16.8 Å². The molecule has 4 aromatic heterocycles. The molecular formula is C22H13Cl2N7O4. The number of aromatic nitrogens is 6. The molecule has 0 aliphatic carbocycles. The van der Waals surface area contributed by atoms with E-state index in [1.165, 1.54) is 18.2 Å². The average Bonchev–Trinajstić information content (AvgIpc) is 3.41. The number of fused-ring (bicyclic) bond motifs is 1. The van der Waals surface area contributed by atoms with Gasteiger partial charge in [-0.05, 0) is 36.3 Å². The smallest absolute Gasteiger partial charge is 0.361 e. The van der Waals surface area contributed by atoms with Crippen LogP contribution in [-0.4, -0.2) is 29.1 Å². The predicted octanol–water partition coefficient (Wildman–Crippen LogP) is 3.23. The van der Waals surface area contributed by atoms with Crippen molar-refractivity contribution in [1.82, 2.24) is 29.1 Å². The number of nitrogens with one attached hydrogen (secondary N) is 1. The Morgan fingerprint density at radius 2 is 1.83 bits per heavy atom. The molecule has 0 amide bonds. The number of rotatable bonds is 4. The van der Waals surface area contributed by atoms with E-state index in [-0.39, 0.29) is 27.8 Å². The van der Waals surface area contributed by atoms with Crippen molar-refractivity contribution < 1.29 is 4.52 Å². The van der Waals surface area contributed by atoms with Gasteiger partial charge in [0.1, 0.15) is 11.5 Å². The molecule has 0 saturated carbocycles. The van der Waals surface area contributed by atoms with Gasteiger partial charge in [-0.2, -0.15) is 0 Å². The van der Waals surface area contributed by atoms with Gasteiger partial charge in [0.05, 0.1) is 39.0 Å². The van der Waals surface area contributed by atoms with Gasteiger partial charge in [-0.3, -0.25) is 14.6 Å². The number of hydrogen-bond acceptors (Lipinski definition) is 6. The molecule has 0 radical (unpaired) electrons. The number of hydrogen-bond donors (Lipinski definition) is 1. The highest BCUT2D eigenvalue weighted by molar-refractivity contribution is 6.38. The summed E-state index contributed by atoms with van der Waals surface area (Å²) in [5.74, 6) is 0.133. The van der Waals surface area contributed by atoms with Gasteiger partial charge in [0, 0.05) is 18.3 Å². The zero-order valence-corrected chi connectivity index (χ0v) is 19.3. The molecule has 1 aromatic carbocycles. The van der Waals surface area contributed by atoms with Crippen molar-refractivity contribution in [3.63, 3.8) is 0 Å². The Kier molecular flexibility index (Phi) is 5.39. The maximum Gasteiger partial charge on any atom is 0.365 e. The predicted molar refractivity (Wildman–Crippen MR) is 128 cm³/mol. The van der Waals surface area contributed by atoms with Gasteiger partial charge in [0.2, 0.25) is 0 Å².